The smallest absolute Gasteiger partial charge is 0.309 e. The third kappa shape index (κ3) is 3.45. The number of amides is 1. The van der Waals surface area contributed by atoms with Gasteiger partial charge in [0.15, 0.2) is 0 Å². The molecule has 1 unspecified atom stereocenters. The van der Waals surface area contributed by atoms with Gasteiger partial charge in [-0.05, 0) is 31.5 Å². The fraction of sp³-hybridized carbons (Fsp3) is 0.167. The third-order valence-corrected chi connectivity index (χ3v) is 3.56. The molecule has 0 aliphatic rings. The Labute approximate surface area is 134 Å². The van der Waals surface area contributed by atoms with E-state index in [4.69, 9.17) is 4.42 Å². The van der Waals surface area contributed by atoms with Crippen molar-refractivity contribution >= 4 is 5.91 Å². The van der Waals surface area contributed by atoms with Crippen LogP contribution in [-0.2, 0) is 0 Å². The van der Waals surface area contributed by atoms with Crippen LogP contribution < -0.4 is 5.32 Å². The fourth-order valence-corrected chi connectivity index (χ4v) is 2.21. The summed E-state index contributed by atoms with van der Waals surface area (Å²) in [5, 5.41) is 10.6. The molecule has 1 amide bonds. The average molecular weight is 307 g/mol. The molecule has 2 aromatic carbocycles. The number of nitrogens with one attached hydrogen (secondary N) is 1. The Bertz CT molecular complexity index is 795. The zero-order chi connectivity index (χ0) is 16.2. The molecule has 23 heavy (non-hydrogen) atoms. The number of carbonyl (C=O) groups is 1. The Kier molecular flexibility index (Phi) is 4.19. The summed E-state index contributed by atoms with van der Waals surface area (Å²) in [5.41, 5.74) is 2.94. The molecule has 116 valence electrons. The Hall–Kier alpha value is -2.95. The van der Waals surface area contributed by atoms with Crippen molar-refractivity contribution in [3.63, 3.8) is 0 Å². The minimum absolute atomic E-state index is 0.0386. The fourth-order valence-electron chi connectivity index (χ4n) is 2.21. The second-order valence-electron chi connectivity index (χ2n) is 5.38. The lowest BCUT2D eigenvalue weighted by Gasteiger charge is -2.12. The lowest BCUT2D eigenvalue weighted by atomic mass is 10.1. The minimum atomic E-state index is -0.382. The molecule has 0 saturated heterocycles. The molecule has 1 aromatic heterocycles. The van der Waals surface area contributed by atoms with Gasteiger partial charge in [0.2, 0.25) is 5.89 Å². The summed E-state index contributed by atoms with van der Waals surface area (Å²) >= 11 is 0. The van der Waals surface area contributed by atoms with Crippen LogP contribution in [0.4, 0.5) is 0 Å². The molecule has 0 radical (unpaired) electrons. The van der Waals surface area contributed by atoms with Crippen LogP contribution in [0.5, 0.6) is 0 Å². The summed E-state index contributed by atoms with van der Waals surface area (Å²) in [6.45, 7) is 3.91. The number of benzene rings is 2. The molecular formula is C18H17N3O2. The van der Waals surface area contributed by atoms with Crippen molar-refractivity contribution in [2.24, 2.45) is 0 Å². The molecule has 3 rings (SSSR count). The largest absolute Gasteiger partial charge is 0.412 e. The molecule has 1 N–H and O–H groups in total. The molecule has 1 atom stereocenters. The second kappa shape index (κ2) is 6.44. The molecule has 0 fully saturated rings. The zero-order valence-electron chi connectivity index (χ0n) is 13.0. The first-order chi connectivity index (χ1) is 11.1. The standard InChI is InChI=1S/C18H17N3O2/c1-12-8-10-15(11-9-12)17-20-21-18(23-17)16(22)19-13(2)14-6-4-3-5-7-14/h3-11,13H,1-2H3,(H,19,22). The Morgan fingerprint density at radius 2 is 1.74 bits per heavy atom. The van der Waals surface area contributed by atoms with E-state index in [1.54, 1.807) is 0 Å². The van der Waals surface area contributed by atoms with Gasteiger partial charge in [-0.25, -0.2) is 0 Å². The first kappa shape index (κ1) is 15.0. The lowest BCUT2D eigenvalue weighted by Crippen LogP contribution is -2.26. The van der Waals surface area contributed by atoms with Gasteiger partial charge in [-0.3, -0.25) is 4.79 Å². The first-order valence-electron chi connectivity index (χ1n) is 7.40. The maximum absolute atomic E-state index is 12.2. The van der Waals surface area contributed by atoms with E-state index in [-0.39, 0.29) is 17.8 Å². The van der Waals surface area contributed by atoms with E-state index in [2.05, 4.69) is 15.5 Å². The second-order valence-corrected chi connectivity index (χ2v) is 5.38. The van der Waals surface area contributed by atoms with E-state index in [0.717, 1.165) is 16.7 Å². The summed E-state index contributed by atoms with van der Waals surface area (Å²) in [7, 11) is 0. The number of hydrogen-bond acceptors (Lipinski definition) is 4. The van der Waals surface area contributed by atoms with Gasteiger partial charge in [-0.2, -0.15) is 0 Å². The number of aryl methyl sites for hydroxylation is 1. The van der Waals surface area contributed by atoms with Crippen molar-refractivity contribution in [1.29, 1.82) is 0 Å². The van der Waals surface area contributed by atoms with Crippen molar-refractivity contribution in [3.8, 4) is 11.5 Å². The summed E-state index contributed by atoms with van der Waals surface area (Å²) in [6, 6.07) is 17.2. The molecule has 0 aliphatic carbocycles. The van der Waals surface area contributed by atoms with Crippen LogP contribution >= 0.6 is 0 Å². The predicted octanol–water partition coefficient (Wildman–Crippen LogP) is 3.54. The van der Waals surface area contributed by atoms with Gasteiger partial charge >= 0.3 is 11.8 Å². The summed E-state index contributed by atoms with van der Waals surface area (Å²) in [5.74, 6) is -0.0851. The Balaban J connectivity index is 1.72. The maximum Gasteiger partial charge on any atom is 0.309 e. The topological polar surface area (TPSA) is 68.0 Å². The van der Waals surface area contributed by atoms with Crippen LogP contribution in [0.25, 0.3) is 11.5 Å². The van der Waals surface area contributed by atoms with Crippen molar-refractivity contribution in [2.45, 2.75) is 19.9 Å². The zero-order valence-corrected chi connectivity index (χ0v) is 13.0. The first-order valence-corrected chi connectivity index (χ1v) is 7.40. The van der Waals surface area contributed by atoms with E-state index in [9.17, 15) is 4.79 Å². The molecule has 3 aromatic rings. The summed E-state index contributed by atoms with van der Waals surface area (Å²) < 4.78 is 5.47. The lowest BCUT2D eigenvalue weighted by molar-refractivity contribution is 0.0905. The van der Waals surface area contributed by atoms with Crippen LogP contribution in [0.3, 0.4) is 0 Å². The van der Waals surface area contributed by atoms with E-state index in [0.29, 0.717) is 5.89 Å². The predicted molar refractivity (Wildman–Crippen MR) is 86.8 cm³/mol. The van der Waals surface area contributed by atoms with Crippen LogP contribution in [0.2, 0.25) is 0 Å². The highest BCUT2D eigenvalue weighted by Crippen LogP contribution is 2.19. The number of hydrogen-bond donors (Lipinski definition) is 1. The summed E-state index contributed by atoms with van der Waals surface area (Å²) in [4.78, 5) is 12.2. The highest BCUT2D eigenvalue weighted by molar-refractivity contribution is 5.90. The molecule has 5 nitrogen and oxygen atoms in total. The van der Waals surface area contributed by atoms with E-state index < -0.39 is 0 Å². The van der Waals surface area contributed by atoms with Crippen molar-refractivity contribution in [1.82, 2.24) is 15.5 Å². The molecule has 1 heterocycles. The number of aromatic nitrogens is 2. The van der Waals surface area contributed by atoms with Gasteiger partial charge in [0.1, 0.15) is 0 Å². The van der Waals surface area contributed by atoms with Crippen LogP contribution in [0.1, 0.15) is 34.8 Å². The van der Waals surface area contributed by atoms with Gasteiger partial charge in [0.25, 0.3) is 0 Å². The Morgan fingerprint density at radius 3 is 2.43 bits per heavy atom. The Morgan fingerprint density at radius 1 is 1.04 bits per heavy atom. The highest BCUT2D eigenvalue weighted by Gasteiger charge is 2.18. The number of rotatable bonds is 4. The molecular weight excluding hydrogens is 290 g/mol. The average Bonchev–Trinajstić information content (AvgIpc) is 3.06. The molecule has 0 aliphatic heterocycles. The van der Waals surface area contributed by atoms with E-state index in [1.165, 1.54) is 0 Å². The van der Waals surface area contributed by atoms with Gasteiger partial charge < -0.3 is 9.73 Å². The van der Waals surface area contributed by atoms with E-state index >= 15 is 0 Å². The SMILES string of the molecule is Cc1ccc(-c2nnc(C(=O)NC(C)c3ccccc3)o2)cc1. The monoisotopic (exact) mass is 307 g/mol. The van der Waals surface area contributed by atoms with Gasteiger partial charge in [0, 0.05) is 5.56 Å². The van der Waals surface area contributed by atoms with Crippen molar-refractivity contribution in [2.75, 3.05) is 0 Å². The van der Waals surface area contributed by atoms with Crippen LogP contribution in [-0.4, -0.2) is 16.1 Å². The number of carbonyl (C=O) groups excluding carboxylic acids is 1. The highest BCUT2D eigenvalue weighted by atomic mass is 16.4. The van der Waals surface area contributed by atoms with Crippen LogP contribution in [0.15, 0.2) is 59.0 Å². The molecule has 0 bridgehead atoms. The molecule has 0 saturated carbocycles. The van der Waals surface area contributed by atoms with Crippen molar-refractivity contribution < 1.29 is 9.21 Å². The molecule has 0 spiro atoms. The van der Waals surface area contributed by atoms with E-state index in [1.807, 2.05) is 68.4 Å². The van der Waals surface area contributed by atoms with Crippen LogP contribution in [0, 0.1) is 6.92 Å². The maximum atomic E-state index is 12.2. The van der Waals surface area contributed by atoms with Gasteiger partial charge in [-0.15, -0.1) is 10.2 Å². The quantitative estimate of drug-likeness (QED) is 0.800. The summed E-state index contributed by atoms with van der Waals surface area (Å²) in [6.07, 6.45) is 0. The van der Waals surface area contributed by atoms with Crippen molar-refractivity contribution in [3.05, 3.63) is 71.6 Å². The number of nitrogens with zero attached hydrogens (tertiary/aromatic N) is 2. The normalized spacial score (nSPS) is 11.9. The van der Waals surface area contributed by atoms with Gasteiger partial charge in [0.05, 0.1) is 6.04 Å². The molecule has 5 heteroatoms. The van der Waals surface area contributed by atoms with Gasteiger partial charge in [-0.1, -0.05) is 48.0 Å². The minimum Gasteiger partial charge on any atom is -0.412 e. The third-order valence-electron chi connectivity index (χ3n) is 3.56.